The van der Waals surface area contributed by atoms with Crippen LogP contribution in [0.25, 0.3) is 11.3 Å². The largest absolute Gasteiger partial charge is 0.281 e. The van der Waals surface area contributed by atoms with Gasteiger partial charge in [-0.2, -0.15) is 5.10 Å². The fraction of sp³-hybridized carbons (Fsp3) is 0.111. The van der Waals surface area contributed by atoms with Gasteiger partial charge in [-0.1, -0.05) is 11.6 Å². The molecule has 3 nitrogen and oxygen atoms in total. The lowest BCUT2D eigenvalue weighted by molar-refractivity contribution is 1.05. The van der Waals surface area contributed by atoms with Gasteiger partial charge in [-0.15, -0.1) is 0 Å². The molecule has 1 N–H and O–H groups in total. The van der Waals surface area contributed by atoms with Crippen LogP contribution in [0, 0.1) is 6.92 Å². The molecule has 0 bridgehead atoms. The Bertz CT molecular complexity index is 408. The van der Waals surface area contributed by atoms with Crippen molar-refractivity contribution < 1.29 is 0 Å². The van der Waals surface area contributed by atoms with E-state index in [-0.39, 0.29) is 0 Å². The summed E-state index contributed by atoms with van der Waals surface area (Å²) in [6, 6.07) is 3.78. The predicted molar refractivity (Wildman–Crippen MR) is 51.6 cm³/mol. The fourth-order valence-electron chi connectivity index (χ4n) is 1.11. The van der Waals surface area contributed by atoms with E-state index >= 15 is 0 Å². The summed E-state index contributed by atoms with van der Waals surface area (Å²) in [5.74, 6) is 0. The molecule has 66 valence electrons. The van der Waals surface area contributed by atoms with Crippen molar-refractivity contribution in [3.63, 3.8) is 0 Å². The lowest BCUT2D eigenvalue weighted by atomic mass is 10.2. The molecule has 0 spiro atoms. The zero-order valence-corrected chi connectivity index (χ0v) is 7.84. The Kier molecular flexibility index (Phi) is 2.02. The molecule has 2 rings (SSSR count). The highest BCUT2D eigenvalue weighted by Crippen LogP contribution is 2.26. The molecule has 0 saturated heterocycles. The summed E-state index contributed by atoms with van der Waals surface area (Å²) in [4.78, 5) is 4.00. The quantitative estimate of drug-likeness (QED) is 0.756. The number of rotatable bonds is 1. The van der Waals surface area contributed by atoms with E-state index in [0.717, 1.165) is 17.0 Å². The van der Waals surface area contributed by atoms with Crippen molar-refractivity contribution in [3.05, 3.63) is 35.2 Å². The predicted octanol–water partition coefficient (Wildman–Crippen LogP) is 2.43. The summed E-state index contributed by atoms with van der Waals surface area (Å²) in [6.07, 6.45) is 3.46. The Morgan fingerprint density at radius 1 is 1.46 bits per heavy atom. The molecule has 0 fully saturated rings. The average Bonchev–Trinajstić information content (AvgIpc) is 2.49. The first kappa shape index (κ1) is 8.26. The molecule has 0 amide bonds. The molecule has 0 radical (unpaired) electrons. The molecule has 13 heavy (non-hydrogen) atoms. The summed E-state index contributed by atoms with van der Waals surface area (Å²) in [5.41, 5.74) is 2.56. The van der Waals surface area contributed by atoms with Gasteiger partial charge in [-0.05, 0) is 19.1 Å². The minimum absolute atomic E-state index is 0.660. The second kappa shape index (κ2) is 3.18. The summed E-state index contributed by atoms with van der Waals surface area (Å²) in [7, 11) is 0. The average molecular weight is 194 g/mol. The number of aromatic amines is 1. The molecule has 0 aliphatic heterocycles. The smallest absolute Gasteiger partial charge is 0.112 e. The minimum Gasteiger partial charge on any atom is -0.281 e. The molecule has 0 saturated carbocycles. The zero-order chi connectivity index (χ0) is 9.26. The van der Waals surface area contributed by atoms with Gasteiger partial charge in [0, 0.05) is 18.0 Å². The van der Waals surface area contributed by atoms with Crippen molar-refractivity contribution in [1.29, 1.82) is 0 Å². The van der Waals surface area contributed by atoms with Crippen molar-refractivity contribution in [2.75, 3.05) is 0 Å². The van der Waals surface area contributed by atoms with E-state index in [9.17, 15) is 0 Å². The van der Waals surface area contributed by atoms with Gasteiger partial charge in [0.2, 0.25) is 0 Å². The van der Waals surface area contributed by atoms with Crippen molar-refractivity contribution in [3.8, 4) is 11.3 Å². The van der Waals surface area contributed by atoms with Crippen LogP contribution in [0.15, 0.2) is 24.5 Å². The van der Waals surface area contributed by atoms with Crippen LogP contribution in [0.2, 0.25) is 5.02 Å². The molecule has 0 aliphatic rings. The van der Waals surface area contributed by atoms with Crippen LogP contribution in [0.4, 0.5) is 0 Å². The van der Waals surface area contributed by atoms with Gasteiger partial charge in [-0.3, -0.25) is 10.1 Å². The lowest BCUT2D eigenvalue weighted by Crippen LogP contribution is -1.79. The fourth-order valence-corrected chi connectivity index (χ4v) is 1.30. The van der Waals surface area contributed by atoms with E-state index in [0.29, 0.717) is 5.02 Å². The van der Waals surface area contributed by atoms with Crippen LogP contribution in [-0.2, 0) is 0 Å². The van der Waals surface area contributed by atoms with E-state index in [4.69, 9.17) is 11.6 Å². The highest BCUT2D eigenvalue weighted by atomic mass is 35.5. The van der Waals surface area contributed by atoms with Crippen LogP contribution in [0.1, 0.15) is 5.69 Å². The number of H-pyrrole nitrogens is 1. The van der Waals surface area contributed by atoms with Gasteiger partial charge in [0.15, 0.2) is 0 Å². The Balaban J connectivity index is 2.53. The normalized spacial score (nSPS) is 10.3. The van der Waals surface area contributed by atoms with Crippen LogP contribution in [0.3, 0.4) is 0 Å². The van der Waals surface area contributed by atoms with Crippen molar-refractivity contribution in [2.45, 2.75) is 6.92 Å². The third-order valence-corrected chi connectivity index (χ3v) is 2.27. The maximum Gasteiger partial charge on any atom is 0.112 e. The van der Waals surface area contributed by atoms with E-state index in [1.165, 1.54) is 0 Å². The molecule has 0 aliphatic carbocycles. The second-order valence-electron chi connectivity index (χ2n) is 2.75. The first-order valence-electron chi connectivity index (χ1n) is 3.90. The van der Waals surface area contributed by atoms with E-state index in [1.807, 2.05) is 19.1 Å². The third-order valence-electron chi connectivity index (χ3n) is 1.81. The summed E-state index contributed by atoms with van der Waals surface area (Å²) >= 11 is 6.02. The van der Waals surface area contributed by atoms with Crippen molar-refractivity contribution >= 4 is 11.6 Å². The number of nitrogens with one attached hydrogen (secondary N) is 1. The van der Waals surface area contributed by atoms with Crippen molar-refractivity contribution in [1.82, 2.24) is 15.2 Å². The van der Waals surface area contributed by atoms with E-state index in [1.54, 1.807) is 12.4 Å². The minimum atomic E-state index is 0.660. The van der Waals surface area contributed by atoms with Gasteiger partial charge in [-0.25, -0.2) is 0 Å². The molecular formula is C9H8ClN3. The lowest BCUT2D eigenvalue weighted by Gasteiger charge is -1.94. The van der Waals surface area contributed by atoms with Crippen molar-refractivity contribution in [2.24, 2.45) is 0 Å². The summed E-state index contributed by atoms with van der Waals surface area (Å²) in [5, 5.41) is 7.57. The molecular weight excluding hydrogens is 186 g/mol. The topological polar surface area (TPSA) is 41.6 Å². The first-order valence-corrected chi connectivity index (χ1v) is 4.27. The number of aromatic nitrogens is 3. The molecule has 2 heterocycles. The summed E-state index contributed by atoms with van der Waals surface area (Å²) < 4.78 is 0. The van der Waals surface area contributed by atoms with Crippen LogP contribution in [-0.4, -0.2) is 15.2 Å². The molecule has 0 atom stereocenters. The number of aryl methyl sites for hydroxylation is 1. The van der Waals surface area contributed by atoms with Gasteiger partial charge in [0.05, 0.1) is 10.7 Å². The zero-order valence-electron chi connectivity index (χ0n) is 7.08. The Morgan fingerprint density at radius 2 is 2.31 bits per heavy atom. The highest BCUT2D eigenvalue weighted by Gasteiger charge is 2.08. The third kappa shape index (κ3) is 1.42. The second-order valence-corrected chi connectivity index (χ2v) is 3.13. The van der Waals surface area contributed by atoms with E-state index in [2.05, 4.69) is 15.2 Å². The van der Waals surface area contributed by atoms with E-state index < -0.39 is 0 Å². The SMILES string of the molecule is Cc1[nH]nc(-c2cccnc2)c1Cl. The Hall–Kier alpha value is -1.35. The maximum absolute atomic E-state index is 6.02. The molecule has 2 aromatic rings. The molecule has 4 heteroatoms. The molecule has 2 aromatic heterocycles. The van der Waals surface area contributed by atoms with Gasteiger partial charge >= 0.3 is 0 Å². The Morgan fingerprint density at radius 3 is 2.85 bits per heavy atom. The monoisotopic (exact) mass is 193 g/mol. The number of nitrogens with zero attached hydrogens (tertiary/aromatic N) is 2. The Labute approximate surface area is 80.8 Å². The molecule has 0 aromatic carbocycles. The maximum atomic E-state index is 6.02. The van der Waals surface area contributed by atoms with Crippen LogP contribution >= 0.6 is 11.6 Å². The van der Waals surface area contributed by atoms with Crippen LogP contribution < -0.4 is 0 Å². The standard InChI is InChI=1S/C9H8ClN3/c1-6-8(10)9(13-12-6)7-3-2-4-11-5-7/h2-5H,1H3,(H,12,13). The van der Waals surface area contributed by atoms with Gasteiger partial charge in [0.25, 0.3) is 0 Å². The van der Waals surface area contributed by atoms with Gasteiger partial charge in [0.1, 0.15) is 5.69 Å². The highest BCUT2D eigenvalue weighted by molar-refractivity contribution is 6.33. The number of halogens is 1. The number of hydrogen-bond donors (Lipinski definition) is 1. The first-order chi connectivity index (χ1) is 6.29. The van der Waals surface area contributed by atoms with Crippen LogP contribution in [0.5, 0.6) is 0 Å². The number of hydrogen-bond acceptors (Lipinski definition) is 2. The van der Waals surface area contributed by atoms with Gasteiger partial charge < -0.3 is 0 Å². The number of pyridine rings is 1. The molecule has 0 unspecified atom stereocenters. The summed E-state index contributed by atoms with van der Waals surface area (Å²) in [6.45, 7) is 1.88.